The van der Waals surface area contributed by atoms with Gasteiger partial charge in [0.25, 0.3) is 0 Å². The highest BCUT2D eigenvalue weighted by Gasteiger charge is 2.34. The number of carbonyl (C=O) groups is 1. The average molecular weight is 490 g/mol. The summed E-state index contributed by atoms with van der Waals surface area (Å²) in [6, 6.07) is 16.7. The molecule has 2 aromatic rings. The first-order valence-corrected chi connectivity index (χ1v) is 13.1. The van der Waals surface area contributed by atoms with Gasteiger partial charge in [0.2, 0.25) is 5.91 Å². The van der Waals surface area contributed by atoms with Crippen LogP contribution in [0.15, 0.2) is 72.6 Å². The van der Waals surface area contributed by atoms with Gasteiger partial charge < -0.3 is 15.1 Å². The molecule has 7 heteroatoms. The number of halogens is 1. The predicted molar refractivity (Wildman–Crippen MR) is 138 cm³/mol. The molecule has 6 rings (SSSR count). The Balaban J connectivity index is 1.08. The zero-order valence-corrected chi connectivity index (χ0v) is 20.5. The van der Waals surface area contributed by atoms with Crippen LogP contribution in [0.4, 0.5) is 0 Å². The van der Waals surface area contributed by atoms with Crippen LogP contribution in [0.25, 0.3) is 0 Å². The van der Waals surface area contributed by atoms with Gasteiger partial charge in [0.1, 0.15) is 12.3 Å². The number of hydrogen-bond acceptors (Lipinski definition) is 5. The molecule has 0 aromatic heterocycles. The maximum atomic E-state index is 13.1. The Bertz CT molecular complexity index is 1140. The maximum Gasteiger partial charge on any atom is 0.223 e. The molecule has 3 heterocycles. The summed E-state index contributed by atoms with van der Waals surface area (Å²) in [5.41, 5.74) is 11.8. The Morgan fingerprint density at radius 3 is 2.63 bits per heavy atom. The Labute approximate surface area is 212 Å². The molecule has 0 saturated carbocycles. The molecule has 1 aliphatic carbocycles. The second-order valence-corrected chi connectivity index (χ2v) is 10.4. The molecule has 6 nitrogen and oxygen atoms in total. The quantitative estimate of drug-likeness (QED) is 0.594. The first-order chi connectivity index (χ1) is 17.2. The van der Waals surface area contributed by atoms with Gasteiger partial charge in [0.05, 0.1) is 11.7 Å². The number of benzene rings is 2. The number of rotatable bonds is 4. The molecule has 3 aliphatic heterocycles. The highest BCUT2D eigenvalue weighted by atomic mass is 35.5. The first-order valence-electron chi connectivity index (χ1n) is 12.7. The minimum Gasteiger partial charge on any atom is -0.370 e. The van der Waals surface area contributed by atoms with Crippen LogP contribution in [0.1, 0.15) is 54.6 Å². The fraction of sp³-hybridized carbons (Fsp3) is 0.393. The van der Waals surface area contributed by atoms with Crippen molar-refractivity contribution in [3.63, 3.8) is 0 Å². The van der Waals surface area contributed by atoms with Crippen molar-refractivity contribution in [2.24, 2.45) is 5.92 Å². The summed E-state index contributed by atoms with van der Waals surface area (Å²) in [6.07, 6.45) is 11.8. The van der Waals surface area contributed by atoms with Gasteiger partial charge in [-0.15, -0.1) is 0 Å². The Kier molecular flexibility index (Phi) is 6.27. The first kappa shape index (κ1) is 22.7. The van der Waals surface area contributed by atoms with E-state index in [2.05, 4.69) is 80.7 Å². The van der Waals surface area contributed by atoms with Crippen molar-refractivity contribution >= 4 is 17.5 Å². The molecule has 182 valence electrons. The van der Waals surface area contributed by atoms with E-state index >= 15 is 0 Å². The summed E-state index contributed by atoms with van der Waals surface area (Å²) >= 11 is 6.08. The molecule has 2 aromatic carbocycles. The number of carbonyl (C=O) groups excluding carboxylic acids is 1. The van der Waals surface area contributed by atoms with Crippen molar-refractivity contribution in [3.05, 3.63) is 94.3 Å². The van der Waals surface area contributed by atoms with E-state index in [1.54, 1.807) is 0 Å². The number of likely N-dealkylation sites (tertiary alicyclic amines) is 1. The summed E-state index contributed by atoms with van der Waals surface area (Å²) in [7, 11) is 0. The minimum absolute atomic E-state index is 0.0407. The number of nitrogens with one attached hydrogen (secondary N) is 3. The van der Waals surface area contributed by atoms with Gasteiger partial charge in [-0.25, -0.2) is 10.9 Å². The van der Waals surface area contributed by atoms with Gasteiger partial charge in [0, 0.05) is 30.2 Å². The predicted octanol–water partition coefficient (Wildman–Crippen LogP) is 4.39. The fourth-order valence-electron chi connectivity index (χ4n) is 5.84. The van der Waals surface area contributed by atoms with Crippen molar-refractivity contribution in [1.82, 2.24) is 26.0 Å². The monoisotopic (exact) mass is 489 g/mol. The van der Waals surface area contributed by atoms with E-state index in [0.29, 0.717) is 0 Å². The number of hydrazine groups is 1. The third-order valence-corrected chi connectivity index (χ3v) is 8.07. The number of nitrogens with zero attached hydrogens (tertiary/aromatic N) is 2. The largest absolute Gasteiger partial charge is 0.370 e. The fourth-order valence-corrected chi connectivity index (χ4v) is 5.97. The van der Waals surface area contributed by atoms with Crippen LogP contribution >= 0.6 is 11.6 Å². The third kappa shape index (κ3) is 4.58. The van der Waals surface area contributed by atoms with Crippen LogP contribution in [-0.2, 0) is 11.2 Å². The highest BCUT2D eigenvalue weighted by molar-refractivity contribution is 6.30. The van der Waals surface area contributed by atoms with Crippen LogP contribution in [0.5, 0.6) is 0 Å². The topological polar surface area (TPSA) is 59.6 Å². The van der Waals surface area contributed by atoms with Crippen LogP contribution in [0.3, 0.4) is 0 Å². The van der Waals surface area contributed by atoms with Gasteiger partial charge in [-0.1, -0.05) is 48.0 Å². The van der Waals surface area contributed by atoms with E-state index in [9.17, 15) is 4.79 Å². The van der Waals surface area contributed by atoms with Crippen molar-refractivity contribution in [2.75, 3.05) is 13.1 Å². The number of allylic oxidation sites excluding steroid dienone is 1. The summed E-state index contributed by atoms with van der Waals surface area (Å²) in [5.74, 6) is 0.300. The van der Waals surface area contributed by atoms with Gasteiger partial charge in [-0.3, -0.25) is 4.79 Å². The maximum absolute atomic E-state index is 13.1. The summed E-state index contributed by atoms with van der Waals surface area (Å²) in [4.78, 5) is 17.8. The molecule has 0 radical (unpaired) electrons. The molecule has 2 saturated heterocycles. The van der Waals surface area contributed by atoms with Gasteiger partial charge in [-0.2, -0.15) is 0 Å². The normalized spacial score (nSPS) is 26.2. The second-order valence-electron chi connectivity index (χ2n) is 9.96. The molecule has 35 heavy (non-hydrogen) atoms. The Hall–Kier alpha value is -2.80. The zero-order chi connectivity index (χ0) is 23.8. The average Bonchev–Trinajstić information content (AvgIpc) is 3.33. The van der Waals surface area contributed by atoms with Crippen molar-refractivity contribution in [2.45, 2.75) is 50.5 Å². The number of aryl methyl sites for hydroxylation is 1. The van der Waals surface area contributed by atoms with Crippen molar-refractivity contribution < 1.29 is 4.79 Å². The van der Waals surface area contributed by atoms with Gasteiger partial charge in [-0.05, 0) is 73.1 Å². The van der Waals surface area contributed by atoms with E-state index in [1.807, 2.05) is 12.1 Å². The van der Waals surface area contributed by atoms with Crippen LogP contribution in [0, 0.1) is 5.92 Å². The summed E-state index contributed by atoms with van der Waals surface area (Å²) in [6.45, 7) is 1.78. The minimum atomic E-state index is 0.0407. The lowest BCUT2D eigenvalue weighted by molar-refractivity contribution is -0.127. The third-order valence-electron chi connectivity index (χ3n) is 7.82. The number of hydrogen-bond donors (Lipinski definition) is 3. The molecule has 1 amide bonds. The van der Waals surface area contributed by atoms with Crippen LogP contribution < -0.4 is 16.2 Å². The van der Waals surface area contributed by atoms with Crippen LogP contribution in [0.2, 0.25) is 5.02 Å². The van der Waals surface area contributed by atoms with Gasteiger partial charge in [0.15, 0.2) is 0 Å². The summed E-state index contributed by atoms with van der Waals surface area (Å²) < 4.78 is 0. The molecule has 3 atom stereocenters. The van der Waals surface area contributed by atoms with E-state index in [4.69, 9.17) is 11.6 Å². The molecule has 3 N–H and O–H groups in total. The number of amides is 1. The SMILES string of the molecule is O=C(NC1CCCc2ccccc21)C1CCN(C2=CN3C(C=C2)NNC3c2ccc(Cl)cc2)CC1. The second kappa shape index (κ2) is 9.69. The lowest BCUT2D eigenvalue weighted by Gasteiger charge is -2.37. The Morgan fingerprint density at radius 1 is 1.00 bits per heavy atom. The number of fused-ring (bicyclic) bond motifs is 2. The van der Waals surface area contributed by atoms with E-state index < -0.39 is 0 Å². The molecule has 0 bridgehead atoms. The molecule has 4 aliphatic rings. The molecular formula is C28H32ClN5O. The lowest BCUT2D eigenvalue weighted by Crippen LogP contribution is -2.42. The van der Waals surface area contributed by atoms with E-state index in [-0.39, 0.29) is 30.2 Å². The van der Waals surface area contributed by atoms with E-state index in [1.165, 1.54) is 16.8 Å². The van der Waals surface area contributed by atoms with Gasteiger partial charge >= 0.3 is 0 Å². The van der Waals surface area contributed by atoms with Crippen LogP contribution in [-0.4, -0.2) is 35.0 Å². The van der Waals surface area contributed by atoms with Crippen molar-refractivity contribution in [3.8, 4) is 0 Å². The van der Waals surface area contributed by atoms with E-state index in [0.717, 1.165) is 55.8 Å². The standard InChI is InChI=1S/C28H32ClN5O/c29-22-10-8-20(9-11-22)27-32-31-26-13-12-23(18-34(26)27)33-16-14-21(15-17-33)28(35)30-25-7-3-5-19-4-1-2-6-24(19)25/h1-2,4,6,8-13,18,21,25-27,31-32H,3,5,7,14-17H2,(H,30,35). The smallest absolute Gasteiger partial charge is 0.223 e. The highest BCUT2D eigenvalue weighted by Crippen LogP contribution is 2.32. The number of piperidine rings is 1. The Morgan fingerprint density at radius 2 is 1.80 bits per heavy atom. The molecule has 3 unspecified atom stereocenters. The molecule has 0 spiro atoms. The molecule has 2 fully saturated rings. The zero-order valence-electron chi connectivity index (χ0n) is 19.8. The summed E-state index contributed by atoms with van der Waals surface area (Å²) in [5, 5.41) is 4.12. The van der Waals surface area contributed by atoms with Crippen molar-refractivity contribution in [1.29, 1.82) is 0 Å². The molecular weight excluding hydrogens is 458 g/mol. The lowest BCUT2D eigenvalue weighted by atomic mass is 9.87.